The second-order valence-electron chi connectivity index (χ2n) is 1.49. The first-order valence-electron chi connectivity index (χ1n) is 2.19. The molecule has 5 nitrogen and oxygen atoms in total. The van der Waals surface area contributed by atoms with Crippen LogP contribution in [-0.2, 0) is 10.1 Å². The van der Waals surface area contributed by atoms with Crippen molar-refractivity contribution in [1.29, 1.82) is 0 Å². The quantitative estimate of drug-likeness (QED) is 0.663. The molecule has 0 aliphatic rings. The minimum Gasteiger partial charge on any atom is -0.375 e. The Balaban J connectivity index is 0.000001000. The van der Waals surface area contributed by atoms with Crippen molar-refractivity contribution in [3.8, 4) is 0 Å². The predicted molar refractivity (Wildman–Crippen MR) is 43.6 cm³/mol. The lowest BCUT2D eigenvalue weighted by Gasteiger charge is -1.84. The largest absolute Gasteiger partial charge is 0.375 e. The summed E-state index contributed by atoms with van der Waals surface area (Å²) in [7, 11) is -4.11. The molecule has 0 bridgehead atoms. The van der Waals surface area contributed by atoms with Crippen molar-refractivity contribution in [2.24, 2.45) is 0 Å². The molecular weight excluding hydrogens is 212 g/mol. The number of hydrogen-bond acceptors (Lipinski definition) is 5. The minimum absolute atomic E-state index is 0. The van der Waals surface area contributed by atoms with E-state index in [0.29, 0.717) is 0 Å². The molecule has 0 saturated carbocycles. The summed E-state index contributed by atoms with van der Waals surface area (Å²) in [5.41, 5.74) is 5.11. The minimum atomic E-state index is -4.11. The van der Waals surface area contributed by atoms with E-state index in [4.69, 9.17) is 10.3 Å². The van der Waals surface area contributed by atoms with Gasteiger partial charge in [0, 0.05) is 0 Å². The number of thiazole rings is 1. The highest BCUT2D eigenvalue weighted by Gasteiger charge is 2.12. The van der Waals surface area contributed by atoms with Crippen LogP contribution in [-0.4, -0.2) is 18.0 Å². The monoisotopic (exact) mass is 216 g/mol. The SMILES string of the molecule is Cl.Nc1ncc(S(=O)(=O)O)s1. The topological polar surface area (TPSA) is 93.3 Å². The van der Waals surface area contributed by atoms with E-state index in [-0.39, 0.29) is 21.7 Å². The van der Waals surface area contributed by atoms with Crippen molar-refractivity contribution in [2.45, 2.75) is 4.21 Å². The standard InChI is InChI=1S/C3H4N2O3S2.ClH/c4-3-5-1-2(9-3)10(6,7)8;/h1H,(H2,4,5)(H,6,7,8);1H. The van der Waals surface area contributed by atoms with Gasteiger partial charge in [0.2, 0.25) is 0 Å². The summed E-state index contributed by atoms with van der Waals surface area (Å²) in [6.07, 6.45) is 1.01. The van der Waals surface area contributed by atoms with Crippen LogP contribution in [0.4, 0.5) is 5.13 Å². The Morgan fingerprint density at radius 1 is 1.64 bits per heavy atom. The molecule has 0 unspecified atom stereocenters. The maximum absolute atomic E-state index is 10.3. The summed E-state index contributed by atoms with van der Waals surface area (Å²) in [6.45, 7) is 0. The lowest BCUT2D eigenvalue weighted by atomic mass is 11.0. The zero-order chi connectivity index (χ0) is 7.78. The molecule has 3 N–H and O–H groups in total. The number of nitrogens with two attached hydrogens (primary N) is 1. The molecule has 1 aromatic heterocycles. The van der Waals surface area contributed by atoms with E-state index in [1.54, 1.807) is 0 Å². The smallest absolute Gasteiger partial charge is 0.305 e. The van der Waals surface area contributed by atoms with E-state index in [9.17, 15) is 8.42 Å². The van der Waals surface area contributed by atoms with Crippen LogP contribution >= 0.6 is 23.7 Å². The number of aromatic nitrogens is 1. The Labute approximate surface area is 73.4 Å². The molecule has 1 heterocycles. The van der Waals surface area contributed by atoms with Crippen LogP contribution in [0.25, 0.3) is 0 Å². The van der Waals surface area contributed by atoms with Crippen molar-refractivity contribution in [3.05, 3.63) is 6.20 Å². The first-order valence-corrected chi connectivity index (χ1v) is 4.44. The van der Waals surface area contributed by atoms with E-state index >= 15 is 0 Å². The lowest BCUT2D eigenvalue weighted by molar-refractivity contribution is 0.485. The molecule has 64 valence electrons. The molecule has 0 atom stereocenters. The number of nitrogen functional groups attached to an aromatic ring is 1. The second kappa shape index (κ2) is 3.35. The molecule has 0 fully saturated rings. The highest BCUT2D eigenvalue weighted by Crippen LogP contribution is 2.18. The Hall–Kier alpha value is -0.370. The first kappa shape index (κ1) is 10.6. The highest BCUT2D eigenvalue weighted by molar-refractivity contribution is 7.88. The van der Waals surface area contributed by atoms with Gasteiger partial charge in [-0.3, -0.25) is 4.55 Å². The van der Waals surface area contributed by atoms with Crippen molar-refractivity contribution in [2.75, 3.05) is 5.73 Å². The molecular formula is C3H5ClN2O3S2. The summed E-state index contributed by atoms with van der Waals surface area (Å²) in [6, 6.07) is 0. The Morgan fingerprint density at radius 3 is 2.36 bits per heavy atom. The average molecular weight is 217 g/mol. The molecule has 0 aliphatic heterocycles. The predicted octanol–water partition coefficient (Wildman–Crippen LogP) is 0.394. The summed E-state index contributed by atoms with van der Waals surface area (Å²) in [4.78, 5) is 3.44. The zero-order valence-electron chi connectivity index (χ0n) is 5.09. The summed E-state index contributed by atoms with van der Waals surface area (Å²) in [5.74, 6) is 0. The molecule has 11 heavy (non-hydrogen) atoms. The fourth-order valence-electron chi connectivity index (χ4n) is 0.391. The van der Waals surface area contributed by atoms with Crippen LogP contribution in [0.3, 0.4) is 0 Å². The molecule has 0 spiro atoms. The summed E-state index contributed by atoms with van der Waals surface area (Å²) in [5, 5.41) is 0.118. The van der Waals surface area contributed by atoms with Gasteiger partial charge in [-0.15, -0.1) is 12.4 Å². The third kappa shape index (κ3) is 2.62. The molecule has 0 aromatic carbocycles. The van der Waals surface area contributed by atoms with Crippen LogP contribution < -0.4 is 5.73 Å². The van der Waals surface area contributed by atoms with Gasteiger partial charge >= 0.3 is 10.1 Å². The maximum Gasteiger partial charge on any atom is 0.305 e. The third-order valence-corrected chi connectivity index (χ3v) is 2.87. The van der Waals surface area contributed by atoms with Gasteiger partial charge in [-0.2, -0.15) is 8.42 Å². The maximum atomic E-state index is 10.3. The van der Waals surface area contributed by atoms with Crippen LogP contribution in [0.15, 0.2) is 10.4 Å². The fraction of sp³-hybridized carbons (Fsp3) is 0. The summed E-state index contributed by atoms with van der Waals surface area (Å²) < 4.78 is 28.8. The van der Waals surface area contributed by atoms with Crippen molar-refractivity contribution in [1.82, 2.24) is 4.98 Å². The Bertz CT molecular complexity index is 332. The molecule has 1 aromatic rings. The van der Waals surface area contributed by atoms with Gasteiger partial charge in [0.15, 0.2) is 9.34 Å². The van der Waals surface area contributed by atoms with Crippen molar-refractivity contribution >= 4 is 39.0 Å². The van der Waals surface area contributed by atoms with E-state index in [2.05, 4.69) is 4.98 Å². The lowest BCUT2D eigenvalue weighted by Crippen LogP contribution is -1.93. The van der Waals surface area contributed by atoms with Gasteiger partial charge in [-0.25, -0.2) is 4.98 Å². The highest BCUT2D eigenvalue weighted by atomic mass is 35.5. The van der Waals surface area contributed by atoms with E-state index in [1.807, 2.05) is 0 Å². The third-order valence-electron chi connectivity index (χ3n) is 0.757. The van der Waals surface area contributed by atoms with E-state index < -0.39 is 10.1 Å². The van der Waals surface area contributed by atoms with Crippen LogP contribution in [0.2, 0.25) is 0 Å². The van der Waals surface area contributed by atoms with Gasteiger partial charge in [0.25, 0.3) is 0 Å². The number of nitrogens with zero attached hydrogens (tertiary/aromatic N) is 1. The van der Waals surface area contributed by atoms with Gasteiger partial charge in [-0.1, -0.05) is 11.3 Å². The molecule has 0 saturated heterocycles. The Morgan fingerprint density at radius 2 is 2.18 bits per heavy atom. The van der Waals surface area contributed by atoms with E-state index in [0.717, 1.165) is 17.5 Å². The molecule has 8 heteroatoms. The number of anilines is 1. The molecule has 0 aliphatic carbocycles. The van der Waals surface area contributed by atoms with Crippen molar-refractivity contribution in [3.63, 3.8) is 0 Å². The van der Waals surface area contributed by atoms with Crippen LogP contribution in [0, 0.1) is 0 Å². The molecule has 0 amide bonds. The van der Waals surface area contributed by atoms with Gasteiger partial charge in [-0.05, 0) is 0 Å². The van der Waals surface area contributed by atoms with Crippen LogP contribution in [0.5, 0.6) is 0 Å². The first-order chi connectivity index (χ1) is 4.50. The van der Waals surface area contributed by atoms with Gasteiger partial charge < -0.3 is 5.73 Å². The number of rotatable bonds is 1. The van der Waals surface area contributed by atoms with Crippen LogP contribution in [0.1, 0.15) is 0 Å². The Kier molecular flexibility index (Phi) is 3.24. The van der Waals surface area contributed by atoms with Gasteiger partial charge in [0.1, 0.15) is 0 Å². The normalized spacial score (nSPS) is 10.6. The average Bonchev–Trinajstić information content (AvgIpc) is 2.11. The molecule has 0 radical (unpaired) electrons. The van der Waals surface area contributed by atoms with Crippen molar-refractivity contribution < 1.29 is 13.0 Å². The molecule has 1 rings (SSSR count). The van der Waals surface area contributed by atoms with Gasteiger partial charge in [0.05, 0.1) is 6.20 Å². The number of hydrogen-bond donors (Lipinski definition) is 2. The number of halogens is 1. The fourth-order valence-corrected chi connectivity index (χ4v) is 1.67. The summed E-state index contributed by atoms with van der Waals surface area (Å²) >= 11 is 0.723. The van der Waals surface area contributed by atoms with E-state index in [1.165, 1.54) is 0 Å². The second-order valence-corrected chi connectivity index (χ2v) is 4.20. The zero-order valence-corrected chi connectivity index (χ0v) is 7.54.